The first-order valence-electron chi connectivity index (χ1n) is 8.18. The summed E-state index contributed by atoms with van der Waals surface area (Å²) in [6.07, 6.45) is 8.72. The molecule has 0 aliphatic rings. The van der Waals surface area contributed by atoms with E-state index in [1.807, 2.05) is 6.20 Å². The van der Waals surface area contributed by atoms with Crippen molar-refractivity contribution in [2.45, 2.75) is 37.8 Å². The Morgan fingerprint density at radius 2 is 1.50 bits per heavy atom. The highest BCUT2D eigenvalue weighted by molar-refractivity contribution is 8.32. The third kappa shape index (κ3) is 3.74. The number of pyridine rings is 1. The lowest BCUT2D eigenvalue weighted by Crippen LogP contribution is -2.42. The largest absolute Gasteiger partial charge is 0.255 e. The molecule has 0 unspecified atom stereocenters. The Kier molecular flexibility index (Phi) is 5.03. The molecule has 1 nitrogen and oxygen atoms in total. The van der Waals surface area contributed by atoms with Gasteiger partial charge in [0, 0.05) is 16.7 Å². The molecule has 124 valence electrons. The van der Waals surface area contributed by atoms with Crippen LogP contribution in [0.15, 0.2) is 41.4 Å². The molecule has 0 fully saturated rings. The summed E-state index contributed by atoms with van der Waals surface area (Å²) in [5, 5.41) is -0.926. The van der Waals surface area contributed by atoms with Crippen LogP contribution in [-0.2, 0) is 5.21 Å². The third-order valence-electron chi connectivity index (χ3n) is 4.56. The summed E-state index contributed by atoms with van der Waals surface area (Å²) in [4.78, 5) is 5.89. The van der Waals surface area contributed by atoms with Crippen LogP contribution in [-0.4, -0.2) is 39.4 Å². The lowest BCUT2D eigenvalue weighted by atomic mass is 9.41. The Balaban J connectivity index is 2.69. The van der Waals surface area contributed by atoms with E-state index in [2.05, 4.69) is 76.8 Å². The maximum Gasteiger partial charge on any atom is 0.0705 e. The Hall–Kier alpha value is -1.15. The van der Waals surface area contributed by atoms with Crippen molar-refractivity contribution in [2.24, 2.45) is 5.41 Å². The minimum atomic E-state index is -1.01. The van der Waals surface area contributed by atoms with Crippen molar-refractivity contribution in [1.29, 1.82) is 0 Å². The Morgan fingerprint density at radius 1 is 0.958 bits per heavy atom. The molecular formula is C20H27B2NS. The number of hydrogen-bond acceptors (Lipinski definition) is 1. The minimum absolute atomic E-state index is 0.266. The monoisotopic (exact) mass is 335 g/mol. The van der Waals surface area contributed by atoms with Gasteiger partial charge in [-0.1, -0.05) is 55.8 Å². The van der Waals surface area contributed by atoms with E-state index in [9.17, 15) is 0 Å². The van der Waals surface area contributed by atoms with Crippen LogP contribution in [0.5, 0.6) is 0 Å². The standard InChI is InChI=1S/C20H27B2NS/c1-14-8-10-15(11-9-14)17-12-16(20(21,22)19(2,3)4)18(13-23-17)24(5,6)7/h8-13H,1-7H3. The molecule has 0 aliphatic carbocycles. The van der Waals surface area contributed by atoms with Crippen molar-refractivity contribution in [2.75, 3.05) is 18.8 Å². The predicted molar refractivity (Wildman–Crippen MR) is 111 cm³/mol. The summed E-state index contributed by atoms with van der Waals surface area (Å²) < 4.78 is 0. The SMILES string of the molecule is [B]C([B])(c1cc(-c2ccc(C)cc2)ncc1S(C)(C)C)C(C)(C)C. The molecule has 1 heterocycles. The molecule has 0 spiro atoms. The zero-order valence-corrected chi connectivity index (χ0v) is 16.8. The summed E-state index contributed by atoms with van der Waals surface area (Å²) in [6.45, 7) is 8.33. The van der Waals surface area contributed by atoms with Crippen molar-refractivity contribution in [3.63, 3.8) is 0 Å². The Morgan fingerprint density at radius 3 is 1.96 bits per heavy atom. The maximum atomic E-state index is 6.65. The number of aryl methyl sites for hydroxylation is 1. The predicted octanol–water partition coefficient (Wildman–Crippen LogP) is 4.65. The van der Waals surface area contributed by atoms with Gasteiger partial charge in [0.15, 0.2) is 0 Å². The van der Waals surface area contributed by atoms with E-state index in [-0.39, 0.29) is 5.41 Å². The second-order valence-corrected chi connectivity index (χ2v) is 12.5. The van der Waals surface area contributed by atoms with Gasteiger partial charge in [0.25, 0.3) is 0 Å². The Labute approximate surface area is 151 Å². The van der Waals surface area contributed by atoms with Crippen molar-refractivity contribution in [3.8, 4) is 11.3 Å². The summed E-state index contributed by atoms with van der Waals surface area (Å²) in [6, 6.07) is 10.5. The zero-order valence-electron chi connectivity index (χ0n) is 16.0. The van der Waals surface area contributed by atoms with Crippen LogP contribution in [0.25, 0.3) is 11.3 Å². The fourth-order valence-corrected chi connectivity index (χ4v) is 3.80. The fourth-order valence-electron chi connectivity index (χ4n) is 2.54. The average Bonchev–Trinajstić information content (AvgIpc) is 2.45. The van der Waals surface area contributed by atoms with Gasteiger partial charge in [-0.25, -0.2) is 10.0 Å². The van der Waals surface area contributed by atoms with E-state index in [1.54, 1.807) is 0 Å². The molecule has 0 atom stereocenters. The molecule has 0 saturated carbocycles. The maximum absolute atomic E-state index is 6.65. The molecule has 4 radical (unpaired) electrons. The highest BCUT2D eigenvalue weighted by Crippen LogP contribution is 2.51. The van der Waals surface area contributed by atoms with Gasteiger partial charge in [-0.05, 0) is 42.7 Å². The first kappa shape index (κ1) is 19.2. The molecule has 0 aliphatic heterocycles. The average molecular weight is 335 g/mol. The van der Waals surface area contributed by atoms with Gasteiger partial charge in [-0.15, -0.1) is 0 Å². The molecule has 1 aromatic carbocycles. The van der Waals surface area contributed by atoms with E-state index >= 15 is 0 Å². The van der Waals surface area contributed by atoms with Crippen LogP contribution in [0.4, 0.5) is 0 Å². The second-order valence-electron chi connectivity index (χ2n) is 8.39. The van der Waals surface area contributed by atoms with Gasteiger partial charge in [-0.3, -0.25) is 4.98 Å². The van der Waals surface area contributed by atoms with Gasteiger partial charge >= 0.3 is 0 Å². The Bertz CT molecular complexity index is 723. The van der Waals surface area contributed by atoms with Gasteiger partial charge < -0.3 is 0 Å². The molecule has 0 amide bonds. The number of benzene rings is 1. The molecule has 0 bridgehead atoms. The number of nitrogens with zero attached hydrogens (tertiary/aromatic N) is 1. The normalized spacial score (nSPS) is 13.8. The van der Waals surface area contributed by atoms with Crippen LogP contribution < -0.4 is 0 Å². The van der Waals surface area contributed by atoms with Crippen LogP contribution in [0.3, 0.4) is 0 Å². The quantitative estimate of drug-likeness (QED) is 0.745. The molecule has 24 heavy (non-hydrogen) atoms. The van der Waals surface area contributed by atoms with Gasteiger partial charge in [-0.2, -0.15) is 0 Å². The lowest BCUT2D eigenvalue weighted by Gasteiger charge is -2.44. The minimum Gasteiger partial charge on any atom is -0.255 e. The van der Waals surface area contributed by atoms with Gasteiger partial charge in [0.2, 0.25) is 0 Å². The zero-order chi connectivity index (χ0) is 18.3. The summed E-state index contributed by atoms with van der Waals surface area (Å²) >= 11 is 0. The van der Waals surface area contributed by atoms with E-state index in [0.717, 1.165) is 16.8 Å². The topological polar surface area (TPSA) is 12.9 Å². The van der Waals surface area contributed by atoms with E-state index < -0.39 is 15.2 Å². The first-order valence-corrected chi connectivity index (χ1v) is 11.0. The van der Waals surface area contributed by atoms with Crippen LogP contribution >= 0.6 is 10.0 Å². The van der Waals surface area contributed by atoms with E-state index in [1.165, 1.54) is 10.5 Å². The molecule has 4 heteroatoms. The van der Waals surface area contributed by atoms with E-state index in [0.29, 0.717) is 0 Å². The smallest absolute Gasteiger partial charge is 0.0705 e. The summed E-state index contributed by atoms with van der Waals surface area (Å²) in [5.41, 5.74) is 3.97. The van der Waals surface area contributed by atoms with Crippen molar-refractivity contribution in [3.05, 3.63) is 47.7 Å². The molecule has 0 N–H and O–H groups in total. The van der Waals surface area contributed by atoms with Crippen LogP contribution in [0.2, 0.25) is 0 Å². The molecule has 1 aromatic heterocycles. The van der Waals surface area contributed by atoms with Crippen LogP contribution in [0.1, 0.15) is 31.9 Å². The summed E-state index contributed by atoms with van der Waals surface area (Å²) in [5.74, 6) is 0. The molecule has 2 aromatic rings. The highest BCUT2D eigenvalue weighted by Gasteiger charge is 2.36. The molecular weight excluding hydrogens is 308 g/mol. The van der Waals surface area contributed by atoms with Crippen molar-refractivity contribution in [1.82, 2.24) is 4.98 Å². The third-order valence-corrected chi connectivity index (χ3v) is 6.21. The lowest BCUT2D eigenvalue weighted by molar-refractivity contribution is 0.355. The highest BCUT2D eigenvalue weighted by atomic mass is 32.3. The number of rotatable bonds is 3. The van der Waals surface area contributed by atoms with Crippen molar-refractivity contribution >= 4 is 25.7 Å². The van der Waals surface area contributed by atoms with Crippen LogP contribution in [0, 0.1) is 12.3 Å². The number of aromatic nitrogens is 1. The van der Waals surface area contributed by atoms with Gasteiger partial charge in [0.1, 0.15) is 0 Å². The summed E-state index contributed by atoms with van der Waals surface area (Å²) in [7, 11) is 12.3. The van der Waals surface area contributed by atoms with Crippen molar-refractivity contribution < 1.29 is 0 Å². The first-order chi connectivity index (χ1) is 10.8. The van der Waals surface area contributed by atoms with E-state index in [4.69, 9.17) is 20.7 Å². The molecule has 0 saturated heterocycles. The molecule has 2 rings (SSSR count). The fraction of sp³-hybridized carbons (Fsp3) is 0.450. The van der Waals surface area contributed by atoms with Gasteiger partial charge in [0.05, 0.1) is 21.4 Å². The second kappa shape index (κ2) is 6.29. The number of hydrogen-bond donors (Lipinski definition) is 0.